The minimum absolute atomic E-state index is 0.260. The monoisotopic (exact) mass is 377 g/mol. The number of hydrogen-bond donors (Lipinski definition) is 0. The van der Waals surface area contributed by atoms with E-state index in [1.165, 1.54) is 11.8 Å². The van der Waals surface area contributed by atoms with Gasteiger partial charge in [-0.15, -0.1) is 16.1 Å². The smallest absolute Gasteiger partial charge is 0.277 e. The van der Waals surface area contributed by atoms with Gasteiger partial charge in [-0.05, 0) is 38.0 Å². The van der Waals surface area contributed by atoms with Crippen molar-refractivity contribution in [3.8, 4) is 23.3 Å². The van der Waals surface area contributed by atoms with Gasteiger partial charge in [0.1, 0.15) is 0 Å². The van der Waals surface area contributed by atoms with Gasteiger partial charge in [-0.2, -0.15) is 4.31 Å². The number of thioether (sulfide) groups is 1. The second-order valence-electron chi connectivity index (χ2n) is 5.58. The van der Waals surface area contributed by atoms with Crippen molar-refractivity contribution >= 4 is 21.8 Å². The molecule has 1 saturated heterocycles. The highest BCUT2D eigenvalue weighted by atomic mass is 32.2. The van der Waals surface area contributed by atoms with Crippen LogP contribution in [0.1, 0.15) is 26.2 Å². The summed E-state index contributed by atoms with van der Waals surface area (Å²) in [6.45, 7) is 2.92. The van der Waals surface area contributed by atoms with Gasteiger partial charge in [-0.3, -0.25) is 0 Å². The molecule has 0 saturated carbocycles. The molecule has 1 fully saturated rings. The Kier molecular flexibility index (Phi) is 5.78. The molecular formula is C17H19N3O3S2. The maximum Gasteiger partial charge on any atom is 0.277 e. The Labute approximate surface area is 152 Å². The zero-order valence-electron chi connectivity index (χ0n) is 13.9. The van der Waals surface area contributed by atoms with Gasteiger partial charge in [0.05, 0.1) is 10.6 Å². The van der Waals surface area contributed by atoms with E-state index in [9.17, 15) is 8.42 Å². The molecule has 1 aliphatic rings. The molecule has 0 amide bonds. The summed E-state index contributed by atoms with van der Waals surface area (Å²) in [6.07, 6.45) is 2.89. The van der Waals surface area contributed by atoms with Gasteiger partial charge in [-0.1, -0.05) is 30.2 Å². The van der Waals surface area contributed by atoms with Crippen LogP contribution in [0.4, 0.5) is 0 Å². The van der Waals surface area contributed by atoms with Crippen molar-refractivity contribution in [1.29, 1.82) is 0 Å². The first-order valence-corrected chi connectivity index (χ1v) is 10.5. The molecule has 8 heteroatoms. The summed E-state index contributed by atoms with van der Waals surface area (Å²) in [6, 6.07) is 6.67. The van der Waals surface area contributed by atoms with Crippen molar-refractivity contribution in [3.05, 3.63) is 24.3 Å². The SMILES string of the molecule is CC#CCSc1nnc(-c2cccc(S(=O)(=O)N3CCCCC3)c2)o1. The van der Waals surface area contributed by atoms with Crippen LogP contribution in [0.3, 0.4) is 0 Å². The molecule has 1 aromatic carbocycles. The van der Waals surface area contributed by atoms with E-state index in [0.29, 0.717) is 35.5 Å². The molecule has 132 valence electrons. The lowest BCUT2D eigenvalue weighted by Crippen LogP contribution is -2.35. The summed E-state index contributed by atoms with van der Waals surface area (Å²) in [5, 5.41) is 8.39. The van der Waals surface area contributed by atoms with Crippen LogP contribution in [0.2, 0.25) is 0 Å². The molecule has 2 heterocycles. The van der Waals surface area contributed by atoms with Crippen molar-refractivity contribution in [1.82, 2.24) is 14.5 Å². The second kappa shape index (κ2) is 8.04. The fourth-order valence-electron chi connectivity index (χ4n) is 2.60. The lowest BCUT2D eigenvalue weighted by Gasteiger charge is -2.25. The first-order chi connectivity index (χ1) is 12.1. The molecule has 1 aliphatic heterocycles. The quantitative estimate of drug-likeness (QED) is 0.589. The summed E-state index contributed by atoms with van der Waals surface area (Å²) in [4.78, 5) is 0.260. The lowest BCUT2D eigenvalue weighted by molar-refractivity contribution is 0.346. The Hall–Kier alpha value is -1.82. The van der Waals surface area contributed by atoms with E-state index in [1.807, 2.05) is 0 Å². The third kappa shape index (κ3) is 4.24. The predicted molar refractivity (Wildman–Crippen MR) is 96.5 cm³/mol. The van der Waals surface area contributed by atoms with Gasteiger partial charge in [-0.25, -0.2) is 8.42 Å². The highest BCUT2D eigenvalue weighted by Crippen LogP contribution is 2.27. The lowest BCUT2D eigenvalue weighted by atomic mass is 10.2. The largest absolute Gasteiger partial charge is 0.411 e. The van der Waals surface area contributed by atoms with E-state index in [-0.39, 0.29) is 4.90 Å². The molecule has 2 aromatic rings. The average molecular weight is 377 g/mol. The van der Waals surface area contributed by atoms with Gasteiger partial charge >= 0.3 is 0 Å². The standard InChI is InChI=1S/C17H19N3O3S2/c1-2-3-12-24-17-19-18-16(23-17)14-8-7-9-15(13-14)25(21,22)20-10-5-4-6-11-20/h7-9,13H,4-6,10-12H2,1H3. The molecule has 0 radical (unpaired) electrons. The molecule has 0 unspecified atom stereocenters. The van der Waals surface area contributed by atoms with E-state index >= 15 is 0 Å². The minimum atomic E-state index is -3.48. The van der Waals surface area contributed by atoms with Gasteiger partial charge in [0.25, 0.3) is 5.22 Å². The molecule has 25 heavy (non-hydrogen) atoms. The van der Waals surface area contributed by atoms with Crippen LogP contribution in [-0.4, -0.2) is 41.8 Å². The molecule has 0 N–H and O–H groups in total. The maximum atomic E-state index is 12.8. The molecule has 0 spiro atoms. The summed E-state index contributed by atoms with van der Waals surface area (Å²) >= 11 is 1.35. The van der Waals surface area contributed by atoms with Gasteiger partial charge in [0, 0.05) is 18.7 Å². The predicted octanol–water partition coefficient (Wildman–Crippen LogP) is 3.03. The van der Waals surface area contributed by atoms with Crippen molar-refractivity contribution < 1.29 is 12.8 Å². The number of benzene rings is 1. The first kappa shape index (κ1) is 18.0. The number of rotatable bonds is 5. The first-order valence-electron chi connectivity index (χ1n) is 8.08. The second-order valence-corrected chi connectivity index (χ2v) is 8.45. The van der Waals surface area contributed by atoms with E-state index in [1.54, 1.807) is 35.5 Å². The summed E-state index contributed by atoms with van der Waals surface area (Å²) in [5.74, 6) is 6.59. The number of piperidine rings is 1. The third-order valence-electron chi connectivity index (χ3n) is 3.88. The third-order valence-corrected chi connectivity index (χ3v) is 6.48. The Morgan fingerprint density at radius 3 is 2.80 bits per heavy atom. The molecule has 0 atom stereocenters. The maximum absolute atomic E-state index is 12.8. The van der Waals surface area contributed by atoms with Gasteiger partial charge < -0.3 is 4.42 Å². The van der Waals surface area contributed by atoms with E-state index in [2.05, 4.69) is 22.0 Å². The topological polar surface area (TPSA) is 76.3 Å². The molecule has 1 aromatic heterocycles. The fourth-order valence-corrected chi connectivity index (χ4v) is 4.74. The van der Waals surface area contributed by atoms with Crippen LogP contribution in [0, 0.1) is 11.8 Å². The Morgan fingerprint density at radius 1 is 1.24 bits per heavy atom. The number of aromatic nitrogens is 2. The minimum Gasteiger partial charge on any atom is -0.411 e. The highest BCUT2D eigenvalue weighted by molar-refractivity contribution is 7.99. The molecule has 3 rings (SSSR count). The van der Waals surface area contributed by atoms with E-state index < -0.39 is 10.0 Å². The Morgan fingerprint density at radius 2 is 2.04 bits per heavy atom. The normalized spacial score (nSPS) is 15.6. The van der Waals surface area contributed by atoms with Crippen LogP contribution in [0.15, 0.2) is 38.8 Å². The van der Waals surface area contributed by atoms with Crippen LogP contribution < -0.4 is 0 Å². The molecule has 6 nitrogen and oxygen atoms in total. The summed E-state index contributed by atoms with van der Waals surface area (Å²) in [5.41, 5.74) is 0.596. The van der Waals surface area contributed by atoms with Crippen LogP contribution >= 0.6 is 11.8 Å². The van der Waals surface area contributed by atoms with Crippen LogP contribution in [0.5, 0.6) is 0 Å². The molecule has 0 bridgehead atoms. The Balaban J connectivity index is 1.82. The van der Waals surface area contributed by atoms with Crippen molar-refractivity contribution in [2.45, 2.75) is 36.3 Å². The van der Waals surface area contributed by atoms with E-state index in [4.69, 9.17) is 4.42 Å². The summed E-state index contributed by atoms with van der Waals surface area (Å²) in [7, 11) is -3.48. The van der Waals surface area contributed by atoms with E-state index in [0.717, 1.165) is 19.3 Å². The number of hydrogen-bond acceptors (Lipinski definition) is 6. The van der Waals surface area contributed by atoms with Crippen molar-refractivity contribution in [2.24, 2.45) is 0 Å². The number of nitrogens with zero attached hydrogens (tertiary/aromatic N) is 3. The fraction of sp³-hybridized carbons (Fsp3) is 0.412. The highest BCUT2D eigenvalue weighted by Gasteiger charge is 2.26. The summed E-state index contributed by atoms with van der Waals surface area (Å²) < 4.78 is 32.7. The van der Waals surface area contributed by atoms with Crippen molar-refractivity contribution in [3.63, 3.8) is 0 Å². The van der Waals surface area contributed by atoms with Crippen LogP contribution in [-0.2, 0) is 10.0 Å². The molecule has 0 aliphatic carbocycles. The van der Waals surface area contributed by atoms with Gasteiger partial charge in [0.2, 0.25) is 15.9 Å². The zero-order valence-corrected chi connectivity index (χ0v) is 15.6. The molecular weight excluding hydrogens is 358 g/mol. The average Bonchev–Trinajstić information content (AvgIpc) is 3.12. The van der Waals surface area contributed by atoms with Gasteiger partial charge in [0.15, 0.2) is 0 Å². The van der Waals surface area contributed by atoms with Crippen molar-refractivity contribution in [2.75, 3.05) is 18.8 Å². The number of sulfonamides is 1. The van der Waals surface area contributed by atoms with Crippen LogP contribution in [0.25, 0.3) is 11.5 Å². The zero-order chi connectivity index (χ0) is 17.7. The Bertz CT molecular complexity index is 891.